The average Bonchev–Trinajstić information content (AvgIpc) is 2.36. The van der Waals surface area contributed by atoms with Gasteiger partial charge in [-0.15, -0.1) is 0 Å². The first kappa shape index (κ1) is 14.7. The molecule has 0 bridgehead atoms. The van der Waals surface area contributed by atoms with E-state index in [1.54, 1.807) is 11.8 Å². The van der Waals surface area contributed by atoms with Gasteiger partial charge in [0.1, 0.15) is 6.54 Å². The quantitative estimate of drug-likeness (QED) is 0.670. The Morgan fingerprint density at radius 1 is 1.22 bits per heavy atom. The van der Waals surface area contributed by atoms with E-state index in [1.807, 2.05) is 0 Å². The normalized spacial score (nSPS) is 16.7. The number of nitrogens with zero attached hydrogens (tertiary/aromatic N) is 3. The molecule has 0 aromatic rings. The molecule has 7 heteroatoms. The number of aliphatic hydroxyl groups excluding tert-OH is 1. The standard InChI is InChI=1S/C11H21N3O4/c1-2-13(9-10(16)17)11(18)14-5-3-12(4-6-14)7-8-15/h15H,2-9H2,1H3,(H,16,17). The van der Waals surface area contributed by atoms with E-state index < -0.39 is 5.97 Å². The SMILES string of the molecule is CCN(CC(=O)O)C(=O)N1CCN(CCO)CC1. The molecular formula is C11H21N3O4. The molecule has 1 saturated heterocycles. The first-order valence-electron chi connectivity index (χ1n) is 6.17. The van der Waals surface area contributed by atoms with Crippen LogP contribution in [0.3, 0.4) is 0 Å². The van der Waals surface area contributed by atoms with Crippen molar-refractivity contribution in [3.63, 3.8) is 0 Å². The van der Waals surface area contributed by atoms with Gasteiger partial charge < -0.3 is 20.0 Å². The molecule has 18 heavy (non-hydrogen) atoms. The van der Waals surface area contributed by atoms with Crippen molar-refractivity contribution in [2.75, 3.05) is 52.4 Å². The van der Waals surface area contributed by atoms with Crippen molar-refractivity contribution in [3.05, 3.63) is 0 Å². The highest BCUT2D eigenvalue weighted by Gasteiger charge is 2.25. The Hall–Kier alpha value is -1.34. The maximum atomic E-state index is 12.0. The number of hydrogen-bond acceptors (Lipinski definition) is 4. The van der Waals surface area contributed by atoms with Crippen molar-refractivity contribution in [2.24, 2.45) is 0 Å². The van der Waals surface area contributed by atoms with E-state index in [2.05, 4.69) is 4.90 Å². The first-order chi connectivity index (χ1) is 8.58. The van der Waals surface area contributed by atoms with Gasteiger partial charge in [0.25, 0.3) is 0 Å². The van der Waals surface area contributed by atoms with Crippen LogP contribution < -0.4 is 0 Å². The number of piperazine rings is 1. The second-order valence-electron chi connectivity index (χ2n) is 4.24. The largest absolute Gasteiger partial charge is 0.480 e. The predicted octanol–water partition coefficient (Wildman–Crippen LogP) is -0.877. The zero-order valence-electron chi connectivity index (χ0n) is 10.7. The summed E-state index contributed by atoms with van der Waals surface area (Å²) in [7, 11) is 0. The van der Waals surface area contributed by atoms with E-state index in [-0.39, 0.29) is 19.2 Å². The number of carboxylic acids is 1. The van der Waals surface area contributed by atoms with Gasteiger partial charge in [0.05, 0.1) is 6.61 Å². The van der Waals surface area contributed by atoms with Crippen molar-refractivity contribution in [1.29, 1.82) is 0 Å². The van der Waals surface area contributed by atoms with Crippen LogP contribution in [0.1, 0.15) is 6.92 Å². The van der Waals surface area contributed by atoms with Crippen LogP contribution >= 0.6 is 0 Å². The molecule has 1 aliphatic heterocycles. The minimum Gasteiger partial charge on any atom is -0.480 e. The van der Waals surface area contributed by atoms with Crippen molar-refractivity contribution in [1.82, 2.24) is 14.7 Å². The summed E-state index contributed by atoms with van der Waals surface area (Å²) in [5, 5.41) is 17.5. The number of carbonyl (C=O) groups is 2. The highest BCUT2D eigenvalue weighted by molar-refractivity contribution is 5.80. The topological polar surface area (TPSA) is 84.3 Å². The number of hydrogen-bond donors (Lipinski definition) is 2. The van der Waals surface area contributed by atoms with Gasteiger partial charge in [-0.2, -0.15) is 0 Å². The number of likely N-dealkylation sites (N-methyl/N-ethyl adjacent to an activating group) is 1. The first-order valence-corrected chi connectivity index (χ1v) is 6.17. The van der Waals surface area contributed by atoms with Crippen molar-refractivity contribution >= 4 is 12.0 Å². The summed E-state index contributed by atoms with van der Waals surface area (Å²) >= 11 is 0. The minimum absolute atomic E-state index is 0.119. The van der Waals surface area contributed by atoms with Crippen LogP contribution in [0.15, 0.2) is 0 Å². The zero-order valence-corrected chi connectivity index (χ0v) is 10.7. The third-order valence-electron chi connectivity index (χ3n) is 3.04. The van der Waals surface area contributed by atoms with E-state index in [0.29, 0.717) is 26.2 Å². The fourth-order valence-electron chi connectivity index (χ4n) is 1.98. The van der Waals surface area contributed by atoms with Gasteiger partial charge >= 0.3 is 12.0 Å². The van der Waals surface area contributed by atoms with Crippen molar-refractivity contribution in [2.45, 2.75) is 6.92 Å². The molecular weight excluding hydrogens is 238 g/mol. The van der Waals surface area contributed by atoms with Gasteiger partial charge in [-0.1, -0.05) is 0 Å². The second kappa shape index (κ2) is 7.17. The summed E-state index contributed by atoms with van der Waals surface area (Å²) in [6, 6.07) is -0.219. The molecule has 0 atom stereocenters. The van der Waals surface area contributed by atoms with Crippen LogP contribution in [-0.2, 0) is 4.79 Å². The van der Waals surface area contributed by atoms with Crippen LogP contribution in [-0.4, -0.2) is 89.3 Å². The maximum absolute atomic E-state index is 12.0. The summed E-state index contributed by atoms with van der Waals surface area (Å²) in [6.07, 6.45) is 0. The molecule has 0 radical (unpaired) electrons. The number of aliphatic hydroxyl groups is 1. The van der Waals surface area contributed by atoms with Gasteiger partial charge in [0, 0.05) is 39.3 Å². The molecule has 0 unspecified atom stereocenters. The number of amides is 2. The lowest BCUT2D eigenvalue weighted by molar-refractivity contribution is -0.137. The van der Waals surface area contributed by atoms with Gasteiger partial charge in [-0.05, 0) is 6.92 Å². The Balaban J connectivity index is 2.45. The number of carboxylic acid groups (broad SMARTS) is 1. The molecule has 1 fully saturated rings. The second-order valence-corrected chi connectivity index (χ2v) is 4.24. The molecule has 1 heterocycles. The zero-order chi connectivity index (χ0) is 13.5. The van der Waals surface area contributed by atoms with Gasteiger partial charge in [0.15, 0.2) is 0 Å². The highest BCUT2D eigenvalue weighted by Crippen LogP contribution is 2.05. The van der Waals surface area contributed by atoms with Crippen LogP contribution in [0.5, 0.6) is 0 Å². The lowest BCUT2D eigenvalue weighted by Crippen LogP contribution is -2.53. The maximum Gasteiger partial charge on any atom is 0.323 e. The van der Waals surface area contributed by atoms with Crippen LogP contribution in [0.25, 0.3) is 0 Å². The Morgan fingerprint density at radius 3 is 2.28 bits per heavy atom. The fraction of sp³-hybridized carbons (Fsp3) is 0.818. The Labute approximate surface area is 107 Å². The van der Waals surface area contributed by atoms with Gasteiger partial charge in [0.2, 0.25) is 0 Å². The third-order valence-corrected chi connectivity index (χ3v) is 3.04. The monoisotopic (exact) mass is 259 g/mol. The summed E-state index contributed by atoms with van der Waals surface area (Å²) < 4.78 is 0. The smallest absolute Gasteiger partial charge is 0.323 e. The molecule has 0 aromatic heterocycles. The number of urea groups is 1. The van der Waals surface area contributed by atoms with Crippen LogP contribution in [0, 0.1) is 0 Å². The number of aliphatic carboxylic acids is 1. The van der Waals surface area contributed by atoms with E-state index in [1.165, 1.54) is 4.90 Å². The Kier molecular flexibility index (Phi) is 5.87. The summed E-state index contributed by atoms with van der Waals surface area (Å²) in [6.45, 7) is 5.23. The van der Waals surface area contributed by atoms with Crippen molar-refractivity contribution in [3.8, 4) is 0 Å². The van der Waals surface area contributed by atoms with Crippen molar-refractivity contribution < 1.29 is 19.8 Å². The molecule has 0 aromatic carbocycles. The molecule has 2 N–H and O–H groups in total. The van der Waals surface area contributed by atoms with E-state index in [4.69, 9.17) is 10.2 Å². The number of carbonyl (C=O) groups excluding carboxylic acids is 1. The Morgan fingerprint density at radius 2 is 1.83 bits per heavy atom. The molecule has 1 rings (SSSR count). The number of rotatable bonds is 5. The molecule has 0 aliphatic carbocycles. The van der Waals surface area contributed by atoms with E-state index >= 15 is 0 Å². The highest BCUT2D eigenvalue weighted by atomic mass is 16.4. The Bertz CT molecular complexity index is 290. The van der Waals surface area contributed by atoms with Gasteiger partial charge in [-0.25, -0.2) is 4.79 Å². The van der Waals surface area contributed by atoms with E-state index in [9.17, 15) is 9.59 Å². The van der Waals surface area contributed by atoms with E-state index in [0.717, 1.165) is 13.1 Å². The lowest BCUT2D eigenvalue weighted by atomic mass is 10.3. The average molecular weight is 259 g/mol. The molecule has 0 saturated carbocycles. The molecule has 104 valence electrons. The molecule has 0 spiro atoms. The third kappa shape index (κ3) is 4.15. The summed E-state index contributed by atoms with van der Waals surface area (Å²) in [5.41, 5.74) is 0. The molecule has 7 nitrogen and oxygen atoms in total. The van der Waals surface area contributed by atoms with Gasteiger partial charge in [-0.3, -0.25) is 9.69 Å². The number of β-amino-alcohol motifs (C(OH)–C–C–N with tert-alkyl or cyclic N) is 1. The molecule has 2 amide bonds. The summed E-state index contributed by atoms with van der Waals surface area (Å²) in [4.78, 5) is 27.8. The van der Waals surface area contributed by atoms with Crippen LogP contribution in [0.2, 0.25) is 0 Å². The predicted molar refractivity (Wildman–Crippen MR) is 65.4 cm³/mol. The van der Waals surface area contributed by atoms with Crippen LogP contribution in [0.4, 0.5) is 4.79 Å². The summed E-state index contributed by atoms with van der Waals surface area (Å²) in [5.74, 6) is -0.996. The lowest BCUT2D eigenvalue weighted by Gasteiger charge is -2.36. The fourth-order valence-corrected chi connectivity index (χ4v) is 1.98. The molecule has 1 aliphatic rings. The minimum atomic E-state index is -0.996.